The fourth-order valence-electron chi connectivity index (χ4n) is 3.50. The van der Waals surface area contributed by atoms with Crippen molar-refractivity contribution in [2.24, 2.45) is 5.73 Å². The minimum absolute atomic E-state index is 0.0548. The molecule has 0 unspecified atom stereocenters. The molecule has 31 heavy (non-hydrogen) atoms. The van der Waals surface area contributed by atoms with Crippen LogP contribution in [0.4, 0.5) is 13.2 Å². The number of hydrogen-bond acceptors (Lipinski definition) is 4. The standard InChI is InChI=1S/C23H21F3N4O/c1-14-20-10-15(6-7-22(20)30-29-14)17-9-19(12-28-11-17)31-13-18(27)8-16-4-2-3-5-21(16)23(24,25)26/h2-7,9-12,18H,8,13,27H2,1H3,(H,29,30)/t18-/m0/s1. The smallest absolute Gasteiger partial charge is 0.416 e. The Balaban J connectivity index is 1.45. The van der Waals surface area contributed by atoms with Gasteiger partial charge in [0.25, 0.3) is 0 Å². The van der Waals surface area contributed by atoms with E-state index in [9.17, 15) is 13.2 Å². The predicted octanol–water partition coefficient (Wildman–Crippen LogP) is 4.90. The molecule has 0 fully saturated rings. The van der Waals surface area contributed by atoms with Gasteiger partial charge in [-0.1, -0.05) is 24.3 Å². The highest BCUT2D eigenvalue weighted by Gasteiger charge is 2.33. The largest absolute Gasteiger partial charge is 0.490 e. The first-order valence-corrected chi connectivity index (χ1v) is 9.75. The van der Waals surface area contributed by atoms with Gasteiger partial charge in [0.15, 0.2) is 0 Å². The summed E-state index contributed by atoms with van der Waals surface area (Å²) in [6.45, 7) is 2.00. The van der Waals surface area contributed by atoms with Crippen LogP contribution < -0.4 is 10.5 Å². The van der Waals surface area contributed by atoms with Gasteiger partial charge >= 0.3 is 6.18 Å². The van der Waals surface area contributed by atoms with E-state index in [-0.39, 0.29) is 18.6 Å². The highest BCUT2D eigenvalue weighted by Crippen LogP contribution is 2.32. The number of nitrogens with one attached hydrogen (secondary N) is 1. The number of hydrogen-bond donors (Lipinski definition) is 2. The minimum Gasteiger partial charge on any atom is -0.490 e. The fourth-order valence-corrected chi connectivity index (χ4v) is 3.50. The summed E-state index contributed by atoms with van der Waals surface area (Å²) in [5, 5.41) is 8.19. The van der Waals surface area contributed by atoms with Crippen LogP contribution in [0.1, 0.15) is 16.8 Å². The lowest BCUT2D eigenvalue weighted by atomic mass is 10.0. The Morgan fingerprint density at radius 3 is 2.68 bits per heavy atom. The lowest BCUT2D eigenvalue weighted by Crippen LogP contribution is -2.31. The molecule has 4 aromatic rings. The van der Waals surface area contributed by atoms with Crippen molar-refractivity contribution in [3.05, 3.63) is 77.7 Å². The fraction of sp³-hybridized carbons (Fsp3) is 0.217. The highest BCUT2D eigenvalue weighted by atomic mass is 19.4. The molecule has 0 saturated heterocycles. The van der Waals surface area contributed by atoms with Crippen molar-refractivity contribution < 1.29 is 17.9 Å². The third kappa shape index (κ3) is 4.69. The van der Waals surface area contributed by atoms with Crippen molar-refractivity contribution in [3.63, 3.8) is 0 Å². The molecule has 0 radical (unpaired) electrons. The summed E-state index contributed by atoms with van der Waals surface area (Å²) >= 11 is 0. The Labute approximate surface area is 177 Å². The number of aromatic amines is 1. The summed E-state index contributed by atoms with van der Waals surface area (Å²) in [6.07, 6.45) is -1.08. The number of nitrogens with zero attached hydrogens (tertiary/aromatic N) is 2. The van der Waals surface area contributed by atoms with Gasteiger partial charge in [0.2, 0.25) is 0 Å². The molecule has 0 aliphatic carbocycles. The van der Waals surface area contributed by atoms with Crippen LogP contribution >= 0.6 is 0 Å². The van der Waals surface area contributed by atoms with Gasteiger partial charge in [-0.2, -0.15) is 18.3 Å². The Morgan fingerprint density at radius 2 is 1.87 bits per heavy atom. The van der Waals surface area contributed by atoms with Gasteiger partial charge in [-0.25, -0.2) is 0 Å². The Morgan fingerprint density at radius 1 is 1.06 bits per heavy atom. The lowest BCUT2D eigenvalue weighted by molar-refractivity contribution is -0.138. The molecule has 0 amide bonds. The zero-order chi connectivity index (χ0) is 22.0. The summed E-state index contributed by atoms with van der Waals surface area (Å²) in [7, 11) is 0. The first kappa shape index (κ1) is 20.9. The van der Waals surface area contributed by atoms with Crippen molar-refractivity contribution in [1.29, 1.82) is 0 Å². The number of ether oxygens (including phenoxy) is 1. The number of H-pyrrole nitrogens is 1. The second-order valence-electron chi connectivity index (χ2n) is 7.41. The number of alkyl halides is 3. The van der Waals surface area contributed by atoms with E-state index in [0.717, 1.165) is 33.8 Å². The number of pyridine rings is 1. The van der Waals surface area contributed by atoms with Gasteiger partial charge in [0.05, 0.1) is 23.0 Å². The summed E-state index contributed by atoms with van der Waals surface area (Å²) in [6, 6.07) is 12.6. The first-order valence-electron chi connectivity index (χ1n) is 9.75. The van der Waals surface area contributed by atoms with Gasteiger partial charge in [0, 0.05) is 23.2 Å². The van der Waals surface area contributed by atoms with E-state index < -0.39 is 17.8 Å². The molecular formula is C23H21F3N4O. The highest BCUT2D eigenvalue weighted by molar-refractivity contribution is 5.86. The molecule has 0 aliphatic heterocycles. The van der Waals surface area contributed by atoms with Gasteiger partial charge in [0.1, 0.15) is 12.4 Å². The number of fused-ring (bicyclic) bond motifs is 1. The van der Waals surface area contributed by atoms with Crippen LogP contribution in [0.5, 0.6) is 5.75 Å². The summed E-state index contributed by atoms with van der Waals surface area (Å²) in [5.41, 5.74) is 9.22. The first-order chi connectivity index (χ1) is 14.8. The number of benzene rings is 2. The van der Waals surface area contributed by atoms with Crippen LogP contribution in [0.3, 0.4) is 0 Å². The SMILES string of the molecule is Cc1n[nH]c2ccc(-c3cncc(OC[C@@H](N)Cc4ccccc4C(F)(F)F)c3)cc12. The van der Waals surface area contributed by atoms with Crippen molar-refractivity contribution in [2.45, 2.75) is 25.6 Å². The normalized spacial score (nSPS) is 12.8. The maximum atomic E-state index is 13.2. The van der Waals surface area contributed by atoms with Crippen LogP contribution in [-0.2, 0) is 12.6 Å². The zero-order valence-corrected chi connectivity index (χ0v) is 16.8. The summed E-state index contributed by atoms with van der Waals surface area (Å²) in [5.74, 6) is 0.501. The number of aromatic nitrogens is 3. The van der Waals surface area contributed by atoms with Crippen molar-refractivity contribution in [1.82, 2.24) is 15.2 Å². The van der Waals surface area contributed by atoms with E-state index >= 15 is 0 Å². The molecule has 3 N–H and O–H groups in total. The summed E-state index contributed by atoms with van der Waals surface area (Å²) in [4.78, 5) is 4.22. The molecule has 2 aromatic heterocycles. The minimum atomic E-state index is -4.41. The van der Waals surface area contributed by atoms with Crippen LogP contribution in [0.15, 0.2) is 60.9 Å². The average molecular weight is 426 g/mol. The molecule has 4 rings (SSSR count). The van der Waals surface area contributed by atoms with Gasteiger partial charge in [-0.05, 0) is 48.7 Å². The van der Waals surface area contributed by atoms with E-state index in [4.69, 9.17) is 10.5 Å². The predicted molar refractivity (Wildman–Crippen MR) is 113 cm³/mol. The van der Waals surface area contributed by atoms with Crippen LogP contribution in [0.25, 0.3) is 22.0 Å². The topological polar surface area (TPSA) is 76.8 Å². The molecule has 8 heteroatoms. The quantitative estimate of drug-likeness (QED) is 0.460. The molecule has 0 spiro atoms. The van der Waals surface area contributed by atoms with Crippen LogP contribution in [0.2, 0.25) is 0 Å². The average Bonchev–Trinajstić information content (AvgIpc) is 3.12. The van der Waals surface area contributed by atoms with Gasteiger partial charge in [-0.3, -0.25) is 10.1 Å². The van der Waals surface area contributed by atoms with E-state index in [1.54, 1.807) is 18.5 Å². The molecule has 2 aromatic carbocycles. The Kier molecular flexibility index (Phi) is 5.65. The zero-order valence-electron chi connectivity index (χ0n) is 16.8. The number of nitrogens with two attached hydrogens (primary N) is 1. The third-order valence-corrected chi connectivity index (χ3v) is 5.07. The molecule has 0 bridgehead atoms. The van der Waals surface area contributed by atoms with Gasteiger partial charge < -0.3 is 10.5 Å². The maximum Gasteiger partial charge on any atom is 0.416 e. The molecule has 160 valence electrons. The lowest BCUT2D eigenvalue weighted by Gasteiger charge is -2.17. The third-order valence-electron chi connectivity index (χ3n) is 5.07. The Bertz CT molecular complexity index is 1200. The van der Waals surface area contributed by atoms with Gasteiger partial charge in [-0.15, -0.1) is 0 Å². The second kappa shape index (κ2) is 8.39. The second-order valence-corrected chi connectivity index (χ2v) is 7.41. The van der Waals surface area contributed by atoms with Crippen molar-refractivity contribution >= 4 is 10.9 Å². The van der Waals surface area contributed by atoms with Crippen molar-refractivity contribution in [3.8, 4) is 16.9 Å². The van der Waals surface area contributed by atoms with Crippen molar-refractivity contribution in [2.75, 3.05) is 6.61 Å². The summed E-state index contributed by atoms with van der Waals surface area (Å²) < 4.78 is 45.2. The molecule has 5 nitrogen and oxygen atoms in total. The van der Waals surface area contributed by atoms with Crippen LogP contribution in [-0.4, -0.2) is 27.8 Å². The maximum absolute atomic E-state index is 13.2. The van der Waals surface area contributed by atoms with E-state index in [0.29, 0.717) is 5.75 Å². The number of aryl methyl sites for hydroxylation is 1. The number of halogens is 3. The van der Waals surface area contributed by atoms with E-state index in [1.807, 2.05) is 31.2 Å². The molecular weight excluding hydrogens is 405 g/mol. The molecule has 2 heterocycles. The number of rotatable bonds is 6. The molecule has 0 aliphatic rings. The molecule has 1 atom stereocenters. The molecule has 0 saturated carbocycles. The Hall–Kier alpha value is -3.39. The van der Waals surface area contributed by atoms with E-state index in [1.165, 1.54) is 12.1 Å². The van der Waals surface area contributed by atoms with E-state index in [2.05, 4.69) is 15.2 Å². The monoisotopic (exact) mass is 426 g/mol. The van der Waals surface area contributed by atoms with Crippen LogP contribution in [0, 0.1) is 6.92 Å².